The highest BCUT2D eigenvalue weighted by molar-refractivity contribution is 5.91. The summed E-state index contributed by atoms with van der Waals surface area (Å²) in [4.78, 5) is 23.2. The van der Waals surface area contributed by atoms with Gasteiger partial charge in [0.2, 0.25) is 0 Å². The van der Waals surface area contributed by atoms with E-state index in [2.05, 4.69) is 5.32 Å². The molecule has 0 saturated heterocycles. The average molecular weight is 279 g/mol. The minimum absolute atomic E-state index is 0.165. The molecule has 1 rings (SSSR count). The van der Waals surface area contributed by atoms with Crippen LogP contribution in [0.5, 0.6) is 0 Å². The molecule has 0 fully saturated rings. The maximum absolute atomic E-state index is 11.6. The fourth-order valence-corrected chi connectivity index (χ4v) is 1.39. The third kappa shape index (κ3) is 5.73. The smallest absolute Gasteiger partial charge is 0.412 e. The molecule has 5 nitrogen and oxygen atoms in total. The van der Waals surface area contributed by atoms with Gasteiger partial charge >= 0.3 is 12.1 Å². The lowest BCUT2D eigenvalue weighted by Crippen LogP contribution is -2.27. The van der Waals surface area contributed by atoms with E-state index in [1.807, 2.05) is 0 Å². The van der Waals surface area contributed by atoms with Crippen molar-refractivity contribution in [2.75, 3.05) is 5.32 Å². The van der Waals surface area contributed by atoms with E-state index in [-0.39, 0.29) is 12.1 Å². The summed E-state index contributed by atoms with van der Waals surface area (Å²) < 4.78 is 10.2. The summed E-state index contributed by atoms with van der Waals surface area (Å²) in [5.74, 6) is -0.385. The molecule has 0 spiro atoms. The van der Waals surface area contributed by atoms with Crippen LogP contribution in [0.4, 0.5) is 10.5 Å². The van der Waals surface area contributed by atoms with Gasteiger partial charge in [-0.2, -0.15) is 0 Å². The zero-order valence-corrected chi connectivity index (χ0v) is 12.5. The fourth-order valence-electron chi connectivity index (χ4n) is 1.39. The molecule has 0 radical (unpaired) electrons. The monoisotopic (exact) mass is 279 g/mol. The predicted octanol–water partition coefficient (Wildman–Crippen LogP) is 3.60. The number of anilines is 1. The van der Waals surface area contributed by atoms with Crippen LogP contribution in [0.15, 0.2) is 24.3 Å². The zero-order valence-electron chi connectivity index (χ0n) is 12.5. The van der Waals surface area contributed by atoms with Gasteiger partial charge in [0.15, 0.2) is 0 Å². The molecule has 1 aromatic rings. The maximum atomic E-state index is 11.6. The second-order valence-corrected chi connectivity index (χ2v) is 5.66. The van der Waals surface area contributed by atoms with Crippen molar-refractivity contribution in [3.05, 3.63) is 29.8 Å². The summed E-state index contributed by atoms with van der Waals surface area (Å²) in [5, 5.41) is 2.59. The summed E-state index contributed by atoms with van der Waals surface area (Å²) in [7, 11) is 0. The van der Waals surface area contributed by atoms with Gasteiger partial charge in [-0.05, 0) is 58.9 Å². The Kier molecular flexibility index (Phi) is 5.13. The molecular weight excluding hydrogens is 258 g/mol. The lowest BCUT2D eigenvalue weighted by molar-refractivity contribution is 0.0377. The number of benzene rings is 1. The number of hydrogen-bond acceptors (Lipinski definition) is 4. The third-order valence-electron chi connectivity index (χ3n) is 2.11. The first-order valence-electron chi connectivity index (χ1n) is 6.48. The Morgan fingerprint density at radius 2 is 1.65 bits per heavy atom. The van der Waals surface area contributed by atoms with Gasteiger partial charge in [0.05, 0.1) is 11.7 Å². The Hall–Kier alpha value is -2.04. The first-order chi connectivity index (χ1) is 9.17. The van der Waals surface area contributed by atoms with Crippen LogP contribution in [0.3, 0.4) is 0 Å². The summed E-state index contributed by atoms with van der Waals surface area (Å²) in [5.41, 5.74) is 0.444. The predicted molar refractivity (Wildman–Crippen MR) is 76.9 cm³/mol. The van der Waals surface area contributed by atoms with Gasteiger partial charge in [-0.25, -0.2) is 9.59 Å². The lowest BCUT2D eigenvalue weighted by atomic mass is 10.2. The Balaban J connectivity index is 2.63. The molecule has 0 saturated carbocycles. The highest BCUT2D eigenvalue weighted by Crippen LogP contribution is 2.13. The Labute approximate surface area is 119 Å². The highest BCUT2D eigenvalue weighted by Gasteiger charge is 2.16. The molecule has 0 aromatic heterocycles. The van der Waals surface area contributed by atoms with Crippen molar-refractivity contribution in [3.8, 4) is 0 Å². The molecule has 0 atom stereocenters. The molecule has 110 valence electrons. The van der Waals surface area contributed by atoms with Gasteiger partial charge in [-0.3, -0.25) is 5.32 Å². The number of nitrogens with one attached hydrogen (secondary N) is 1. The second-order valence-electron chi connectivity index (χ2n) is 5.66. The van der Waals surface area contributed by atoms with E-state index < -0.39 is 11.7 Å². The molecule has 1 amide bonds. The van der Waals surface area contributed by atoms with Crippen LogP contribution in [-0.4, -0.2) is 23.8 Å². The summed E-state index contributed by atoms with van der Waals surface area (Å²) >= 11 is 0. The number of ether oxygens (including phenoxy) is 2. The van der Waals surface area contributed by atoms with Crippen molar-refractivity contribution in [3.63, 3.8) is 0 Å². The molecule has 0 bridgehead atoms. The topological polar surface area (TPSA) is 64.6 Å². The van der Waals surface area contributed by atoms with E-state index in [4.69, 9.17) is 9.47 Å². The number of rotatable bonds is 3. The number of hydrogen-bond donors (Lipinski definition) is 1. The quantitative estimate of drug-likeness (QED) is 0.859. The van der Waals surface area contributed by atoms with Crippen molar-refractivity contribution in [1.82, 2.24) is 0 Å². The van der Waals surface area contributed by atoms with Crippen LogP contribution >= 0.6 is 0 Å². The van der Waals surface area contributed by atoms with Crippen LogP contribution in [-0.2, 0) is 9.47 Å². The summed E-state index contributed by atoms with van der Waals surface area (Å²) in [6.45, 7) is 8.94. The molecule has 20 heavy (non-hydrogen) atoms. The molecule has 0 unspecified atom stereocenters. The van der Waals surface area contributed by atoms with E-state index >= 15 is 0 Å². The Bertz CT molecular complexity index is 472. The van der Waals surface area contributed by atoms with E-state index in [0.29, 0.717) is 11.3 Å². The molecule has 1 aromatic carbocycles. The van der Waals surface area contributed by atoms with Gasteiger partial charge in [-0.15, -0.1) is 0 Å². The van der Waals surface area contributed by atoms with E-state index in [1.54, 1.807) is 58.9 Å². The SMILES string of the molecule is CC(C)OC(=O)c1ccc(NC(=O)OC(C)(C)C)cc1. The van der Waals surface area contributed by atoms with E-state index in [9.17, 15) is 9.59 Å². The van der Waals surface area contributed by atoms with Crippen LogP contribution in [0, 0.1) is 0 Å². The lowest BCUT2D eigenvalue weighted by Gasteiger charge is -2.19. The first-order valence-corrected chi connectivity index (χ1v) is 6.48. The number of carbonyl (C=O) groups is 2. The van der Waals surface area contributed by atoms with E-state index in [1.165, 1.54) is 0 Å². The zero-order chi connectivity index (χ0) is 15.3. The van der Waals surface area contributed by atoms with E-state index in [0.717, 1.165) is 0 Å². The van der Waals surface area contributed by atoms with Crippen molar-refractivity contribution in [2.24, 2.45) is 0 Å². The second kappa shape index (κ2) is 6.41. The molecule has 1 N–H and O–H groups in total. The normalized spacial score (nSPS) is 11.1. The minimum Gasteiger partial charge on any atom is -0.459 e. The number of amides is 1. The Morgan fingerprint density at radius 3 is 2.10 bits per heavy atom. The van der Waals surface area contributed by atoms with Gasteiger partial charge in [-0.1, -0.05) is 0 Å². The molecule has 0 aliphatic rings. The Morgan fingerprint density at radius 1 is 1.10 bits per heavy atom. The average Bonchev–Trinajstić information content (AvgIpc) is 2.26. The molecule has 5 heteroatoms. The van der Waals surface area contributed by atoms with Gasteiger partial charge in [0.1, 0.15) is 5.60 Å². The number of esters is 1. The first kappa shape index (κ1) is 16.0. The van der Waals surface area contributed by atoms with Gasteiger partial charge in [0.25, 0.3) is 0 Å². The van der Waals surface area contributed by atoms with Crippen LogP contribution < -0.4 is 5.32 Å². The minimum atomic E-state index is -0.551. The van der Waals surface area contributed by atoms with Gasteiger partial charge in [0, 0.05) is 5.69 Å². The molecule has 0 aliphatic heterocycles. The van der Waals surface area contributed by atoms with Crippen molar-refractivity contribution >= 4 is 17.7 Å². The molecular formula is C15H21NO4. The third-order valence-corrected chi connectivity index (χ3v) is 2.11. The molecule has 0 aliphatic carbocycles. The van der Waals surface area contributed by atoms with Crippen LogP contribution in [0.1, 0.15) is 45.0 Å². The highest BCUT2D eigenvalue weighted by atomic mass is 16.6. The number of carbonyl (C=O) groups excluding carboxylic acids is 2. The van der Waals surface area contributed by atoms with Crippen LogP contribution in [0.25, 0.3) is 0 Å². The van der Waals surface area contributed by atoms with Gasteiger partial charge < -0.3 is 9.47 Å². The van der Waals surface area contributed by atoms with Crippen molar-refractivity contribution < 1.29 is 19.1 Å². The standard InChI is InChI=1S/C15H21NO4/c1-10(2)19-13(17)11-6-8-12(9-7-11)16-14(18)20-15(3,4)5/h6-10H,1-5H3,(H,16,18). The van der Waals surface area contributed by atoms with Crippen molar-refractivity contribution in [1.29, 1.82) is 0 Å². The maximum Gasteiger partial charge on any atom is 0.412 e. The van der Waals surface area contributed by atoms with Crippen molar-refractivity contribution in [2.45, 2.75) is 46.3 Å². The molecule has 0 heterocycles. The largest absolute Gasteiger partial charge is 0.459 e. The van der Waals surface area contributed by atoms with Crippen LogP contribution in [0.2, 0.25) is 0 Å². The fraction of sp³-hybridized carbons (Fsp3) is 0.467. The summed E-state index contributed by atoms with van der Waals surface area (Å²) in [6, 6.07) is 6.44. The summed E-state index contributed by atoms with van der Waals surface area (Å²) in [6.07, 6.45) is -0.697.